The van der Waals surface area contributed by atoms with Gasteiger partial charge in [-0.15, -0.1) is 0 Å². The highest BCUT2D eigenvalue weighted by molar-refractivity contribution is 5.48. The summed E-state index contributed by atoms with van der Waals surface area (Å²) in [6, 6.07) is 2.54. The normalized spacial score (nSPS) is 15.2. The highest BCUT2D eigenvalue weighted by Crippen LogP contribution is 2.14. The summed E-state index contributed by atoms with van der Waals surface area (Å²) in [6.45, 7) is 5.31. The Morgan fingerprint density at radius 3 is 2.89 bits per heavy atom. The van der Waals surface area contributed by atoms with E-state index in [-0.39, 0.29) is 0 Å². The van der Waals surface area contributed by atoms with E-state index in [9.17, 15) is 0 Å². The summed E-state index contributed by atoms with van der Waals surface area (Å²) in [5, 5.41) is 6.64. The van der Waals surface area contributed by atoms with Crippen molar-refractivity contribution in [2.24, 2.45) is 0 Å². The Bertz CT molecular complexity index is 364. The summed E-state index contributed by atoms with van der Waals surface area (Å²) in [5.41, 5.74) is 0. The minimum absolute atomic E-state index is 0.512. The average molecular weight is 249 g/mol. The van der Waals surface area contributed by atoms with Crippen LogP contribution in [0.4, 0.5) is 11.6 Å². The molecule has 2 heterocycles. The fraction of sp³-hybridized carbons (Fsp3) is 0.692. The van der Waals surface area contributed by atoms with Crippen molar-refractivity contribution in [1.82, 2.24) is 15.3 Å². The zero-order valence-corrected chi connectivity index (χ0v) is 11.3. The minimum atomic E-state index is 0.512. The fourth-order valence-corrected chi connectivity index (χ4v) is 1.95. The molecule has 18 heavy (non-hydrogen) atoms. The van der Waals surface area contributed by atoms with Crippen molar-refractivity contribution < 1.29 is 0 Å². The predicted octanol–water partition coefficient (Wildman–Crippen LogP) is 1.49. The number of nitrogens with one attached hydrogen (secondary N) is 2. The smallest absolute Gasteiger partial charge is 0.133 e. The van der Waals surface area contributed by atoms with Crippen molar-refractivity contribution in [2.45, 2.75) is 32.2 Å². The first kappa shape index (κ1) is 13.1. The number of nitrogens with zero attached hydrogens (tertiary/aromatic N) is 3. The summed E-state index contributed by atoms with van der Waals surface area (Å²) in [4.78, 5) is 10.8. The maximum Gasteiger partial charge on any atom is 0.133 e. The number of aromatic nitrogens is 2. The SMILES string of the molecule is CCCCCN(C)c1cc(NC2CNC2)ncn1. The van der Waals surface area contributed by atoms with Gasteiger partial charge >= 0.3 is 0 Å². The van der Waals surface area contributed by atoms with E-state index >= 15 is 0 Å². The highest BCUT2D eigenvalue weighted by atomic mass is 15.2. The van der Waals surface area contributed by atoms with E-state index < -0.39 is 0 Å². The molecule has 2 N–H and O–H groups in total. The van der Waals surface area contributed by atoms with Crippen LogP contribution in [-0.2, 0) is 0 Å². The standard InChI is InChI=1S/C13H23N5/c1-3-4-5-6-18(2)13-7-12(15-10-16-13)17-11-8-14-9-11/h7,10-11,14H,3-6,8-9H2,1-2H3,(H,15,16,17). The van der Waals surface area contributed by atoms with Crippen molar-refractivity contribution in [2.75, 3.05) is 36.9 Å². The molecule has 0 atom stereocenters. The molecule has 1 fully saturated rings. The number of anilines is 2. The molecular formula is C13H23N5. The number of unbranched alkanes of at least 4 members (excludes halogenated alkanes) is 2. The summed E-state index contributed by atoms with van der Waals surface area (Å²) in [7, 11) is 2.09. The molecular weight excluding hydrogens is 226 g/mol. The molecule has 0 amide bonds. The van der Waals surface area contributed by atoms with Crippen molar-refractivity contribution in [3.8, 4) is 0 Å². The van der Waals surface area contributed by atoms with Crippen molar-refractivity contribution in [1.29, 1.82) is 0 Å². The Morgan fingerprint density at radius 1 is 1.39 bits per heavy atom. The molecule has 1 aromatic rings. The summed E-state index contributed by atoms with van der Waals surface area (Å²) in [6.07, 6.45) is 5.37. The third kappa shape index (κ3) is 3.57. The maximum absolute atomic E-state index is 4.33. The van der Waals surface area contributed by atoms with Crippen LogP contribution in [0.5, 0.6) is 0 Å². The summed E-state index contributed by atoms with van der Waals surface area (Å²) >= 11 is 0. The molecule has 0 aromatic carbocycles. The van der Waals surface area contributed by atoms with E-state index in [1.54, 1.807) is 6.33 Å². The molecule has 1 aliphatic rings. The largest absolute Gasteiger partial charge is 0.365 e. The molecule has 5 heteroatoms. The van der Waals surface area contributed by atoms with Crippen LogP contribution in [0.15, 0.2) is 12.4 Å². The van der Waals surface area contributed by atoms with Crippen LogP contribution >= 0.6 is 0 Å². The molecule has 0 spiro atoms. The monoisotopic (exact) mass is 249 g/mol. The Balaban J connectivity index is 1.88. The second-order valence-electron chi connectivity index (χ2n) is 4.89. The summed E-state index contributed by atoms with van der Waals surface area (Å²) < 4.78 is 0. The van der Waals surface area contributed by atoms with Gasteiger partial charge in [0.2, 0.25) is 0 Å². The van der Waals surface area contributed by atoms with Gasteiger partial charge in [0.05, 0.1) is 6.04 Å². The highest BCUT2D eigenvalue weighted by Gasteiger charge is 2.16. The van der Waals surface area contributed by atoms with E-state index in [1.165, 1.54) is 19.3 Å². The topological polar surface area (TPSA) is 53.1 Å². The van der Waals surface area contributed by atoms with Gasteiger partial charge in [-0.3, -0.25) is 0 Å². The van der Waals surface area contributed by atoms with E-state index in [4.69, 9.17) is 0 Å². The molecule has 0 unspecified atom stereocenters. The van der Waals surface area contributed by atoms with Crippen LogP contribution in [0.1, 0.15) is 26.2 Å². The third-order valence-corrected chi connectivity index (χ3v) is 3.27. The first-order chi connectivity index (χ1) is 8.79. The molecule has 100 valence electrons. The van der Waals surface area contributed by atoms with Gasteiger partial charge in [0, 0.05) is 32.7 Å². The molecule has 1 aliphatic heterocycles. The summed E-state index contributed by atoms with van der Waals surface area (Å²) in [5.74, 6) is 1.92. The van der Waals surface area contributed by atoms with E-state index in [0.29, 0.717) is 6.04 Å². The molecule has 5 nitrogen and oxygen atoms in total. The van der Waals surface area contributed by atoms with Gasteiger partial charge in [-0.05, 0) is 6.42 Å². The lowest BCUT2D eigenvalue weighted by molar-refractivity contribution is 0.471. The van der Waals surface area contributed by atoms with Gasteiger partial charge in [0.25, 0.3) is 0 Å². The second kappa shape index (κ2) is 6.54. The number of hydrogen-bond acceptors (Lipinski definition) is 5. The van der Waals surface area contributed by atoms with Gasteiger partial charge in [0.15, 0.2) is 0 Å². The first-order valence-corrected chi connectivity index (χ1v) is 6.80. The molecule has 2 rings (SSSR count). The van der Waals surface area contributed by atoms with Crippen LogP contribution in [0.25, 0.3) is 0 Å². The lowest BCUT2D eigenvalue weighted by atomic mass is 10.2. The Morgan fingerprint density at radius 2 is 2.22 bits per heavy atom. The van der Waals surface area contributed by atoms with Gasteiger partial charge < -0.3 is 15.5 Å². The molecule has 1 saturated heterocycles. The van der Waals surface area contributed by atoms with E-state index in [1.807, 2.05) is 6.07 Å². The quantitative estimate of drug-likeness (QED) is 0.717. The average Bonchev–Trinajstić information content (AvgIpc) is 2.34. The molecule has 1 aromatic heterocycles. The zero-order valence-electron chi connectivity index (χ0n) is 11.3. The molecule has 0 bridgehead atoms. The Hall–Kier alpha value is -1.36. The van der Waals surface area contributed by atoms with Crippen LogP contribution in [0.2, 0.25) is 0 Å². The Kier molecular flexibility index (Phi) is 4.75. The van der Waals surface area contributed by atoms with Gasteiger partial charge in [-0.25, -0.2) is 9.97 Å². The molecule has 0 aliphatic carbocycles. The van der Waals surface area contributed by atoms with Gasteiger partial charge in [0.1, 0.15) is 18.0 Å². The molecule has 0 radical (unpaired) electrons. The van der Waals surface area contributed by atoms with Gasteiger partial charge in [-0.1, -0.05) is 19.8 Å². The van der Waals surface area contributed by atoms with Gasteiger partial charge in [-0.2, -0.15) is 0 Å². The van der Waals surface area contributed by atoms with Crippen molar-refractivity contribution in [3.05, 3.63) is 12.4 Å². The van der Waals surface area contributed by atoms with Crippen molar-refractivity contribution in [3.63, 3.8) is 0 Å². The number of hydrogen-bond donors (Lipinski definition) is 2. The minimum Gasteiger partial charge on any atom is -0.365 e. The van der Waals surface area contributed by atoms with Crippen LogP contribution in [0.3, 0.4) is 0 Å². The maximum atomic E-state index is 4.33. The fourth-order valence-electron chi connectivity index (χ4n) is 1.95. The van der Waals surface area contributed by atoms with E-state index in [2.05, 4.69) is 39.5 Å². The van der Waals surface area contributed by atoms with Crippen LogP contribution in [0, 0.1) is 0 Å². The molecule has 0 saturated carbocycles. The second-order valence-corrected chi connectivity index (χ2v) is 4.89. The zero-order chi connectivity index (χ0) is 12.8. The van der Waals surface area contributed by atoms with Crippen LogP contribution in [-0.4, -0.2) is 42.7 Å². The lowest BCUT2D eigenvalue weighted by Gasteiger charge is -2.28. The third-order valence-electron chi connectivity index (χ3n) is 3.27. The lowest BCUT2D eigenvalue weighted by Crippen LogP contribution is -2.51. The predicted molar refractivity (Wildman–Crippen MR) is 75.1 cm³/mol. The van der Waals surface area contributed by atoms with E-state index in [0.717, 1.165) is 31.3 Å². The first-order valence-electron chi connectivity index (χ1n) is 6.80. The van der Waals surface area contributed by atoms with Crippen LogP contribution < -0.4 is 15.5 Å². The number of rotatable bonds is 7. The Labute approximate surface area is 109 Å². The van der Waals surface area contributed by atoms with Crippen molar-refractivity contribution >= 4 is 11.6 Å².